The van der Waals surface area contributed by atoms with Crippen LogP contribution in [0.25, 0.3) is 0 Å². The number of alkyl halides is 1. The monoisotopic (exact) mass is 353 g/mol. The van der Waals surface area contributed by atoms with Crippen LogP contribution in [0, 0.1) is 0 Å². The standard InChI is InChI=1S/C11H13ClINO2/c12-9-3-1-4-10(7-9)16-8-11(15)14-6-2-5-13/h1,3-4,7H,2,5-6,8H2,(H,14,15). The lowest BCUT2D eigenvalue weighted by atomic mass is 10.3. The number of rotatable bonds is 6. The van der Waals surface area contributed by atoms with Gasteiger partial charge in [-0.2, -0.15) is 0 Å². The highest BCUT2D eigenvalue weighted by molar-refractivity contribution is 14.1. The van der Waals surface area contributed by atoms with Crippen molar-refractivity contribution in [2.45, 2.75) is 6.42 Å². The quantitative estimate of drug-likeness (QED) is 0.485. The molecule has 1 amide bonds. The van der Waals surface area contributed by atoms with Crippen LogP contribution in [-0.4, -0.2) is 23.5 Å². The van der Waals surface area contributed by atoms with Gasteiger partial charge in [-0.05, 0) is 24.6 Å². The van der Waals surface area contributed by atoms with Gasteiger partial charge in [-0.1, -0.05) is 40.3 Å². The molecule has 16 heavy (non-hydrogen) atoms. The number of carbonyl (C=O) groups excluding carboxylic acids is 1. The van der Waals surface area contributed by atoms with Crippen molar-refractivity contribution in [1.82, 2.24) is 5.32 Å². The zero-order chi connectivity index (χ0) is 11.8. The van der Waals surface area contributed by atoms with Crippen molar-refractivity contribution in [3.8, 4) is 5.75 Å². The van der Waals surface area contributed by atoms with Crippen LogP contribution in [0.1, 0.15) is 6.42 Å². The van der Waals surface area contributed by atoms with E-state index in [0.29, 0.717) is 17.3 Å². The van der Waals surface area contributed by atoms with E-state index in [1.165, 1.54) is 0 Å². The summed E-state index contributed by atoms with van der Waals surface area (Å²) in [5.74, 6) is 0.501. The number of amides is 1. The van der Waals surface area contributed by atoms with Crippen molar-refractivity contribution in [3.05, 3.63) is 29.3 Å². The molecule has 0 unspecified atom stereocenters. The molecule has 0 aliphatic heterocycles. The van der Waals surface area contributed by atoms with Crippen LogP contribution in [0.4, 0.5) is 0 Å². The summed E-state index contributed by atoms with van der Waals surface area (Å²) in [7, 11) is 0. The lowest BCUT2D eigenvalue weighted by Gasteiger charge is -2.06. The summed E-state index contributed by atoms with van der Waals surface area (Å²) in [6.45, 7) is 0.724. The minimum absolute atomic E-state index is 0.0294. The summed E-state index contributed by atoms with van der Waals surface area (Å²) in [4.78, 5) is 11.3. The molecule has 88 valence electrons. The van der Waals surface area contributed by atoms with Crippen molar-refractivity contribution >= 4 is 40.1 Å². The predicted molar refractivity (Wildman–Crippen MR) is 73.5 cm³/mol. The first-order valence-electron chi connectivity index (χ1n) is 4.93. The van der Waals surface area contributed by atoms with Crippen LogP contribution >= 0.6 is 34.2 Å². The Morgan fingerprint density at radius 3 is 3.00 bits per heavy atom. The van der Waals surface area contributed by atoms with Crippen molar-refractivity contribution in [2.24, 2.45) is 0 Å². The van der Waals surface area contributed by atoms with E-state index in [2.05, 4.69) is 27.9 Å². The Bertz CT molecular complexity index is 347. The molecule has 1 aromatic rings. The highest BCUT2D eigenvalue weighted by Crippen LogP contribution is 2.16. The van der Waals surface area contributed by atoms with E-state index in [0.717, 1.165) is 10.8 Å². The SMILES string of the molecule is O=C(COc1cccc(Cl)c1)NCCCI. The van der Waals surface area contributed by atoms with Gasteiger partial charge >= 0.3 is 0 Å². The molecule has 0 aliphatic carbocycles. The number of hydrogen-bond donors (Lipinski definition) is 1. The smallest absolute Gasteiger partial charge is 0.257 e. The van der Waals surface area contributed by atoms with Crippen molar-refractivity contribution in [2.75, 3.05) is 17.6 Å². The average molecular weight is 354 g/mol. The summed E-state index contributed by atoms with van der Waals surface area (Å²) in [5, 5.41) is 3.37. The summed E-state index contributed by atoms with van der Waals surface area (Å²) in [6.07, 6.45) is 0.976. The van der Waals surface area contributed by atoms with Crippen LogP contribution < -0.4 is 10.1 Å². The topological polar surface area (TPSA) is 38.3 Å². The molecule has 0 saturated carbocycles. The third kappa shape index (κ3) is 5.55. The molecular weight excluding hydrogens is 340 g/mol. The molecule has 1 aromatic carbocycles. The van der Waals surface area contributed by atoms with Crippen LogP contribution in [0.5, 0.6) is 5.75 Å². The minimum atomic E-state index is -0.107. The lowest BCUT2D eigenvalue weighted by molar-refractivity contribution is -0.123. The van der Waals surface area contributed by atoms with Gasteiger partial charge in [-0.25, -0.2) is 0 Å². The molecule has 0 atom stereocenters. The fraction of sp³-hybridized carbons (Fsp3) is 0.364. The molecule has 5 heteroatoms. The lowest BCUT2D eigenvalue weighted by Crippen LogP contribution is -2.29. The Hall–Kier alpha value is -0.490. The third-order valence-electron chi connectivity index (χ3n) is 1.80. The van der Waals surface area contributed by atoms with Gasteiger partial charge < -0.3 is 10.1 Å². The van der Waals surface area contributed by atoms with Crippen LogP contribution in [0.2, 0.25) is 5.02 Å². The first kappa shape index (κ1) is 13.6. The number of ether oxygens (including phenoxy) is 1. The fourth-order valence-corrected chi connectivity index (χ4v) is 1.61. The van der Waals surface area contributed by atoms with Gasteiger partial charge in [-0.3, -0.25) is 4.79 Å². The molecule has 3 nitrogen and oxygen atoms in total. The maximum Gasteiger partial charge on any atom is 0.257 e. The van der Waals surface area contributed by atoms with E-state index in [9.17, 15) is 4.79 Å². The van der Waals surface area contributed by atoms with Gasteiger partial charge in [0, 0.05) is 16.0 Å². The molecule has 0 aromatic heterocycles. The van der Waals surface area contributed by atoms with Gasteiger partial charge in [0.25, 0.3) is 5.91 Å². The van der Waals surface area contributed by atoms with Gasteiger partial charge in [0.2, 0.25) is 0 Å². The molecule has 0 bridgehead atoms. The Morgan fingerprint density at radius 1 is 1.50 bits per heavy atom. The zero-order valence-corrected chi connectivity index (χ0v) is 11.6. The van der Waals surface area contributed by atoms with E-state index in [-0.39, 0.29) is 12.5 Å². The van der Waals surface area contributed by atoms with Crippen molar-refractivity contribution in [3.63, 3.8) is 0 Å². The first-order valence-corrected chi connectivity index (χ1v) is 6.84. The Kier molecular flexibility index (Phi) is 6.56. The molecule has 0 fully saturated rings. The number of carbonyl (C=O) groups is 1. The Balaban J connectivity index is 2.26. The number of hydrogen-bond acceptors (Lipinski definition) is 2. The predicted octanol–water partition coefficient (Wildman–Crippen LogP) is 2.66. The van der Waals surface area contributed by atoms with Crippen molar-refractivity contribution < 1.29 is 9.53 Å². The average Bonchev–Trinajstić information content (AvgIpc) is 2.27. The second kappa shape index (κ2) is 7.73. The van der Waals surface area contributed by atoms with E-state index < -0.39 is 0 Å². The van der Waals surface area contributed by atoms with E-state index in [1.54, 1.807) is 24.3 Å². The van der Waals surface area contributed by atoms with Crippen LogP contribution in [0.3, 0.4) is 0 Å². The second-order valence-electron chi connectivity index (χ2n) is 3.14. The number of halogens is 2. The maximum absolute atomic E-state index is 11.3. The molecule has 0 heterocycles. The zero-order valence-electron chi connectivity index (χ0n) is 8.71. The normalized spacial score (nSPS) is 9.88. The second-order valence-corrected chi connectivity index (χ2v) is 4.65. The summed E-state index contributed by atoms with van der Waals surface area (Å²) < 4.78 is 6.32. The Labute approximate surface area is 114 Å². The summed E-state index contributed by atoms with van der Waals surface area (Å²) in [6, 6.07) is 6.99. The third-order valence-corrected chi connectivity index (χ3v) is 2.80. The number of benzene rings is 1. The highest BCUT2D eigenvalue weighted by Gasteiger charge is 2.01. The highest BCUT2D eigenvalue weighted by atomic mass is 127. The minimum Gasteiger partial charge on any atom is -0.484 e. The van der Waals surface area contributed by atoms with E-state index in [4.69, 9.17) is 16.3 Å². The molecule has 0 saturated heterocycles. The Morgan fingerprint density at radius 2 is 2.31 bits per heavy atom. The molecule has 1 rings (SSSR count). The van der Waals surface area contributed by atoms with E-state index >= 15 is 0 Å². The van der Waals surface area contributed by atoms with Crippen molar-refractivity contribution in [1.29, 1.82) is 0 Å². The molecule has 0 radical (unpaired) electrons. The summed E-state index contributed by atoms with van der Waals surface area (Å²) in [5.41, 5.74) is 0. The number of nitrogens with one attached hydrogen (secondary N) is 1. The van der Waals surface area contributed by atoms with Gasteiger partial charge in [-0.15, -0.1) is 0 Å². The first-order chi connectivity index (χ1) is 7.72. The maximum atomic E-state index is 11.3. The van der Waals surface area contributed by atoms with Gasteiger partial charge in [0.1, 0.15) is 5.75 Å². The molecule has 0 aliphatic rings. The largest absolute Gasteiger partial charge is 0.484 e. The van der Waals surface area contributed by atoms with Gasteiger partial charge in [0.05, 0.1) is 0 Å². The van der Waals surface area contributed by atoms with Gasteiger partial charge in [0.15, 0.2) is 6.61 Å². The van der Waals surface area contributed by atoms with Crippen LogP contribution in [0.15, 0.2) is 24.3 Å². The van der Waals surface area contributed by atoms with E-state index in [1.807, 2.05) is 0 Å². The molecule has 0 spiro atoms. The molecule has 1 N–H and O–H groups in total. The summed E-state index contributed by atoms with van der Waals surface area (Å²) >= 11 is 8.05. The van der Waals surface area contributed by atoms with Crippen LogP contribution in [-0.2, 0) is 4.79 Å². The fourth-order valence-electron chi connectivity index (χ4n) is 1.05. The molecular formula is C11H13ClINO2.